The molecule has 0 spiro atoms. The summed E-state index contributed by atoms with van der Waals surface area (Å²) in [5, 5.41) is 0. The monoisotopic (exact) mass is 336 g/mol. The third-order valence-corrected chi connectivity index (χ3v) is 3.35. The Kier molecular flexibility index (Phi) is 2.54. The smallest absolute Gasteiger partial charge is 0.155 e. The van der Waals surface area contributed by atoms with Crippen LogP contribution in [0.4, 0.5) is 0 Å². The van der Waals surface area contributed by atoms with Gasteiger partial charge < -0.3 is 0 Å². The Hall–Kier alpha value is -1.50. The summed E-state index contributed by atoms with van der Waals surface area (Å²) in [5.41, 5.74) is 2.06. The molecule has 0 N–H and O–H groups in total. The summed E-state index contributed by atoms with van der Waals surface area (Å²) >= 11 is 2.24. The molecular weight excluding hydrogens is 327 g/mol. The predicted octanol–water partition coefficient (Wildman–Crippen LogP) is 2.73. The standard InChI is InChI=1S/C12H9IN4/c1-8-16-10-4-2-3-5-11(10)17(8)12-9(13)6-14-7-15-12/h2-7H,1H3. The molecular formula is C12H9IN4. The molecule has 0 amide bonds. The van der Waals surface area contributed by atoms with Crippen molar-refractivity contribution in [2.24, 2.45) is 0 Å². The van der Waals surface area contributed by atoms with Crippen LogP contribution in [0.3, 0.4) is 0 Å². The van der Waals surface area contributed by atoms with Gasteiger partial charge in [-0.2, -0.15) is 0 Å². The number of rotatable bonds is 1. The summed E-state index contributed by atoms with van der Waals surface area (Å²) in [6.07, 6.45) is 3.36. The van der Waals surface area contributed by atoms with E-state index in [4.69, 9.17) is 0 Å². The van der Waals surface area contributed by atoms with E-state index in [0.717, 1.165) is 26.2 Å². The maximum absolute atomic E-state index is 4.53. The minimum atomic E-state index is 0.881. The Morgan fingerprint density at radius 3 is 2.88 bits per heavy atom. The molecule has 2 heterocycles. The highest BCUT2D eigenvalue weighted by Crippen LogP contribution is 2.22. The van der Waals surface area contributed by atoms with E-state index in [1.165, 1.54) is 0 Å². The number of halogens is 1. The Morgan fingerprint density at radius 2 is 2.06 bits per heavy atom. The maximum Gasteiger partial charge on any atom is 0.155 e. The fraction of sp³-hybridized carbons (Fsp3) is 0.0833. The van der Waals surface area contributed by atoms with Crippen molar-refractivity contribution in [1.82, 2.24) is 19.5 Å². The molecule has 17 heavy (non-hydrogen) atoms. The van der Waals surface area contributed by atoms with E-state index < -0.39 is 0 Å². The zero-order valence-electron chi connectivity index (χ0n) is 9.13. The number of aryl methyl sites for hydroxylation is 1. The Labute approximate surface area is 112 Å². The van der Waals surface area contributed by atoms with E-state index in [1.54, 1.807) is 12.5 Å². The normalized spacial score (nSPS) is 10.9. The van der Waals surface area contributed by atoms with Gasteiger partial charge in [-0.1, -0.05) is 12.1 Å². The van der Waals surface area contributed by atoms with Gasteiger partial charge in [-0.25, -0.2) is 15.0 Å². The van der Waals surface area contributed by atoms with Gasteiger partial charge in [0.25, 0.3) is 0 Å². The maximum atomic E-state index is 4.53. The number of hydrogen-bond donors (Lipinski definition) is 0. The average molecular weight is 336 g/mol. The topological polar surface area (TPSA) is 43.6 Å². The molecule has 1 aromatic carbocycles. The van der Waals surface area contributed by atoms with Crippen LogP contribution in [0.2, 0.25) is 0 Å². The predicted molar refractivity (Wildman–Crippen MR) is 74.1 cm³/mol. The van der Waals surface area contributed by atoms with Gasteiger partial charge in [0.1, 0.15) is 12.2 Å². The summed E-state index contributed by atoms with van der Waals surface area (Å²) in [5.74, 6) is 1.81. The molecule has 0 unspecified atom stereocenters. The minimum Gasteiger partial charge on any atom is -0.280 e. The molecule has 0 radical (unpaired) electrons. The van der Waals surface area contributed by atoms with Crippen LogP contribution in [0.1, 0.15) is 5.82 Å². The quantitative estimate of drug-likeness (QED) is 0.642. The summed E-state index contributed by atoms with van der Waals surface area (Å²) in [6, 6.07) is 8.05. The molecule has 0 aliphatic rings. The van der Waals surface area contributed by atoms with Crippen LogP contribution in [0.25, 0.3) is 16.9 Å². The zero-order valence-corrected chi connectivity index (χ0v) is 11.3. The largest absolute Gasteiger partial charge is 0.280 e. The molecule has 0 fully saturated rings. The van der Waals surface area contributed by atoms with Crippen molar-refractivity contribution in [3.63, 3.8) is 0 Å². The molecule has 0 aliphatic carbocycles. The lowest BCUT2D eigenvalue weighted by atomic mass is 10.3. The van der Waals surface area contributed by atoms with Crippen molar-refractivity contribution < 1.29 is 0 Å². The Bertz CT molecular complexity index is 690. The molecule has 0 bridgehead atoms. The first-order valence-corrected chi connectivity index (χ1v) is 6.25. The van der Waals surface area contributed by atoms with Gasteiger partial charge in [0.2, 0.25) is 0 Å². The van der Waals surface area contributed by atoms with E-state index in [0.29, 0.717) is 0 Å². The van der Waals surface area contributed by atoms with Gasteiger partial charge in [-0.05, 0) is 41.6 Å². The molecule has 0 aliphatic heterocycles. The first kappa shape index (κ1) is 10.6. The average Bonchev–Trinajstić information content (AvgIpc) is 2.66. The molecule has 0 atom stereocenters. The zero-order chi connectivity index (χ0) is 11.8. The summed E-state index contributed by atoms with van der Waals surface area (Å²) in [6.45, 7) is 1.98. The van der Waals surface area contributed by atoms with Crippen LogP contribution in [0.15, 0.2) is 36.8 Å². The highest BCUT2D eigenvalue weighted by atomic mass is 127. The fourth-order valence-electron chi connectivity index (χ4n) is 1.88. The number of hydrogen-bond acceptors (Lipinski definition) is 3. The van der Waals surface area contributed by atoms with Crippen molar-refractivity contribution in [3.8, 4) is 5.82 Å². The minimum absolute atomic E-state index is 0.881. The van der Waals surface area contributed by atoms with Crippen LogP contribution in [0.5, 0.6) is 0 Å². The highest BCUT2D eigenvalue weighted by molar-refractivity contribution is 14.1. The van der Waals surface area contributed by atoms with Gasteiger partial charge in [-0.3, -0.25) is 4.57 Å². The number of fused-ring (bicyclic) bond motifs is 1. The van der Waals surface area contributed by atoms with E-state index in [9.17, 15) is 0 Å². The van der Waals surface area contributed by atoms with Gasteiger partial charge in [-0.15, -0.1) is 0 Å². The van der Waals surface area contributed by atoms with Crippen LogP contribution >= 0.6 is 22.6 Å². The molecule has 3 aromatic rings. The summed E-state index contributed by atoms with van der Waals surface area (Å²) in [7, 11) is 0. The molecule has 3 rings (SSSR count). The first-order valence-electron chi connectivity index (χ1n) is 5.17. The van der Waals surface area contributed by atoms with Crippen LogP contribution in [-0.4, -0.2) is 19.5 Å². The van der Waals surface area contributed by atoms with Gasteiger partial charge in [0.15, 0.2) is 5.82 Å². The second-order valence-electron chi connectivity index (χ2n) is 3.68. The fourth-order valence-corrected chi connectivity index (χ4v) is 2.43. The number of benzene rings is 1. The molecule has 2 aromatic heterocycles. The molecule has 0 saturated carbocycles. The third kappa shape index (κ3) is 1.70. The van der Waals surface area contributed by atoms with Crippen molar-refractivity contribution >= 4 is 33.6 Å². The van der Waals surface area contributed by atoms with Crippen molar-refractivity contribution in [2.75, 3.05) is 0 Å². The van der Waals surface area contributed by atoms with E-state index in [1.807, 2.05) is 31.2 Å². The molecule has 5 heteroatoms. The molecule has 0 saturated heterocycles. The van der Waals surface area contributed by atoms with E-state index in [-0.39, 0.29) is 0 Å². The van der Waals surface area contributed by atoms with Crippen LogP contribution in [-0.2, 0) is 0 Å². The highest BCUT2D eigenvalue weighted by Gasteiger charge is 2.11. The van der Waals surface area contributed by atoms with Crippen LogP contribution < -0.4 is 0 Å². The number of nitrogens with zero attached hydrogens (tertiary/aromatic N) is 4. The van der Waals surface area contributed by atoms with Crippen molar-refractivity contribution in [3.05, 3.63) is 46.2 Å². The lowest BCUT2D eigenvalue weighted by Gasteiger charge is -2.06. The third-order valence-electron chi connectivity index (χ3n) is 2.59. The van der Waals surface area contributed by atoms with Crippen molar-refractivity contribution in [2.45, 2.75) is 6.92 Å². The molecule has 84 valence electrons. The number of aromatic nitrogens is 4. The Morgan fingerprint density at radius 1 is 1.24 bits per heavy atom. The van der Waals surface area contributed by atoms with Gasteiger partial charge in [0.05, 0.1) is 14.6 Å². The van der Waals surface area contributed by atoms with Crippen molar-refractivity contribution in [1.29, 1.82) is 0 Å². The van der Waals surface area contributed by atoms with Gasteiger partial charge in [0, 0.05) is 6.20 Å². The summed E-state index contributed by atoms with van der Waals surface area (Å²) in [4.78, 5) is 12.9. The second-order valence-corrected chi connectivity index (χ2v) is 4.84. The number of para-hydroxylation sites is 2. The van der Waals surface area contributed by atoms with Gasteiger partial charge >= 0.3 is 0 Å². The molecule has 4 nitrogen and oxygen atoms in total. The Balaban J connectivity index is 2.38. The first-order chi connectivity index (χ1) is 8.27. The number of imidazole rings is 1. The van der Waals surface area contributed by atoms with Crippen LogP contribution in [0, 0.1) is 10.5 Å². The van der Waals surface area contributed by atoms with E-state index >= 15 is 0 Å². The second kappa shape index (κ2) is 4.06. The lowest BCUT2D eigenvalue weighted by molar-refractivity contribution is 0.932. The summed E-state index contributed by atoms with van der Waals surface area (Å²) < 4.78 is 3.06. The lowest BCUT2D eigenvalue weighted by Crippen LogP contribution is -2.02. The van der Waals surface area contributed by atoms with E-state index in [2.05, 4.69) is 42.1 Å². The SMILES string of the molecule is Cc1nc2ccccc2n1-c1ncncc1I.